The third-order valence-electron chi connectivity index (χ3n) is 4.47. The zero-order valence-electron chi connectivity index (χ0n) is 17.2. The fourth-order valence-corrected chi connectivity index (χ4v) is 3.20. The average molecular weight is 433 g/mol. The molecule has 2 N–H and O–H groups in total. The Morgan fingerprint density at radius 1 is 1.20 bits per heavy atom. The van der Waals surface area contributed by atoms with Crippen LogP contribution >= 0.6 is 11.8 Å². The summed E-state index contributed by atoms with van der Waals surface area (Å²) in [5.41, 5.74) is 0.732. The summed E-state index contributed by atoms with van der Waals surface area (Å²) in [5, 5.41) is 16.5. The van der Waals surface area contributed by atoms with Gasteiger partial charge in [-0.15, -0.1) is 11.8 Å². The van der Waals surface area contributed by atoms with Crippen LogP contribution in [0.3, 0.4) is 0 Å². The largest absolute Gasteiger partial charge is 0.495 e. The van der Waals surface area contributed by atoms with Crippen LogP contribution in [0, 0.1) is 10.1 Å². The number of non-ortho nitro benzene ring substituents is 1. The predicted molar refractivity (Wildman–Crippen MR) is 117 cm³/mol. The minimum Gasteiger partial charge on any atom is -0.495 e. The molecule has 0 aliphatic carbocycles. The summed E-state index contributed by atoms with van der Waals surface area (Å²) in [6.45, 7) is 1.63. The Balaban J connectivity index is 2.03. The van der Waals surface area contributed by atoms with Crippen LogP contribution in [0.25, 0.3) is 0 Å². The molecule has 0 fully saturated rings. The summed E-state index contributed by atoms with van der Waals surface area (Å²) >= 11 is 1.52. The van der Waals surface area contributed by atoms with E-state index in [9.17, 15) is 19.7 Å². The number of thioether (sulfide) groups is 1. The Kier molecular flexibility index (Phi) is 8.19. The molecule has 0 aliphatic rings. The van der Waals surface area contributed by atoms with Crippen molar-refractivity contribution in [1.82, 2.24) is 4.90 Å². The number of nitro groups is 1. The van der Waals surface area contributed by atoms with Crippen molar-refractivity contribution in [3.05, 3.63) is 52.6 Å². The number of benzene rings is 2. The molecular formula is C20H24N4O5S. The van der Waals surface area contributed by atoms with Gasteiger partial charge in [-0.2, -0.15) is 0 Å². The number of hydrogen-bond acceptors (Lipinski definition) is 7. The number of nitrogens with zero attached hydrogens (tertiary/aromatic N) is 2. The second-order valence-corrected chi connectivity index (χ2v) is 7.32. The zero-order chi connectivity index (χ0) is 22.3. The molecule has 30 heavy (non-hydrogen) atoms. The summed E-state index contributed by atoms with van der Waals surface area (Å²) in [6.07, 6.45) is 1.92. The fourth-order valence-electron chi connectivity index (χ4n) is 2.65. The Bertz CT molecular complexity index is 937. The van der Waals surface area contributed by atoms with Gasteiger partial charge in [-0.25, -0.2) is 0 Å². The Hall–Kier alpha value is -3.11. The number of nitrogens with one attached hydrogen (secondary N) is 2. The van der Waals surface area contributed by atoms with Crippen LogP contribution in [-0.4, -0.2) is 54.6 Å². The highest BCUT2D eigenvalue weighted by Gasteiger charge is 2.22. The number of rotatable bonds is 9. The Labute approximate surface area is 178 Å². The van der Waals surface area contributed by atoms with E-state index in [0.717, 1.165) is 4.90 Å². The van der Waals surface area contributed by atoms with Gasteiger partial charge in [-0.1, -0.05) is 12.1 Å². The second kappa shape index (κ2) is 10.6. The fraction of sp³-hybridized carbons (Fsp3) is 0.300. The molecular weight excluding hydrogens is 408 g/mol. The first-order valence-corrected chi connectivity index (χ1v) is 10.3. The minimum absolute atomic E-state index is 0.0105. The van der Waals surface area contributed by atoms with Crippen molar-refractivity contribution in [2.75, 3.05) is 37.6 Å². The molecule has 160 valence electrons. The molecule has 0 saturated carbocycles. The molecule has 0 spiro atoms. The molecule has 2 aromatic carbocycles. The molecule has 0 radical (unpaired) electrons. The zero-order valence-corrected chi connectivity index (χ0v) is 18.0. The molecule has 0 aromatic heterocycles. The van der Waals surface area contributed by atoms with Crippen molar-refractivity contribution in [3.63, 3.8) is 0 Å². The first-order valence-electron chi connectivity index (χ1n) is 9.03. The van der Waals surface area contributed by atoms with E-state index >= 15 is 0 Å². The van der Waals surface area contributed by atoms with E-state index in [0.29, 0.717) is 11.4 Å². The lowest BCUT2D eigenvalue weighted by Gasteiger charge is -2.24. The average Bonchev–Trinajstić information content (AvgIpc) is 2.73. The summed E-state index contributed by atoms with van der Waals surface area (Å²) in [4.78, 5) is 38.0. The monoisotopic (exact) mass is 432 g/mol. The maximum absolute atomic E-state index is 12.6. The van der Waals surface area contributed by atoms with Crippen LogP contribution in [-0.2, 0) is 9.59 Å². The lowest BCUT2D eigenvalue weighted by molar-refractivity contribution is -0.384. The normalized spacial score (nSPS) is 11.6. The number of likely N-dealkylation sites (N-methyl/N-ethyl adjacent to an activating group) is 1. The first-order chi connectivity index (χ1) is 14.3. The van der Waals surface area contributed by atoms with Crippen molar-refractivity contribution in [3.8, 4) is 5.75 Å². The summed E-state index contributed by atoms with van der Waals surface area (Å²) < 4.78 is 5.16. The molecule has 2 amide bonds. The third-order valence-corrected chi connectivity index (χ3v) is 5.26. The number of methoxy groups -OCH3 is 1. The highest BCUT2D eigenvalue weighted by molar-refractivity contribution is 7.98. The lowest BCUT2D eigenvalue weighted by Crippen LogP contribution is -2.43. The van der Waals surface area contributed by atoms with E-state index in [1.165, 1.54) is 37.1 Å². The molecule has 0 saturated heterocycles. The quantitative estimate of drug-likeness (QED) is 0.355. The van der Waals surface area contributed by atoms with E-state index in [-0.39, 0.29) is 23.8 Å². The van der Waals surface area contributed by atoms with Crippen molar-refractivity contribution in [2.24, 2.45) is 0 Å². The summed E-state index contributed by atoms with van der Waals surface area (Å²) in [6, 6.07) is 10.7. The molecule has 1 atom stereocenters. The standard InChI is InChI=1S/C20H24N4O5S/c1-13(20(26)22-16-11-14(24(27)28)9-10-17(16)29-3)23(2)12-19(25)21-15-7-5-6-8-18(15)30-4/h5-11,13H,12H2,1-4H3,(H,21,25)(H,22,26)/t13-/m0/s1. The van der Waals surface area contributed by atoms with Gasteiger partial charge in [-0.3, -0.25) is 24.6 Å². The smallest absolute Gasteiger partial charge is 0.271 e. The van der Waals surface area contributed by atoms with E-state index in [4.69, 9.17) is 4.74 Å². The van der Waals surface area contributed by atoms with Gasteiger partial charge >= 0.3 is 0 Å². The maximum atomic E-state index is 12.6. The molecule has 0 heterocycles. The number of ether oxygens (including phenoxy) is 1. The summed E-state index contributed by atoms with van der Waals surface area (Å²) in [5.74, 6) is -0.379. The van der Waals surface area contributed by atoms with Crippen LogP contribution in [0.5, 0.6) is 5.75 Å². The molecule has 0 unspecified atom stereocenters. The van der Waals surface area contributed by atoms with Crippen molar-refractivity contribution in [2.45, 2.75) is 17.9 Å². The van der Waals surface area contributed by atoms with Crippen LogP contribution < -0.4 is 15.4 Å². The number of carbonyl (C=O) groups is 2. The number of nitro benzene ring substituents is 1. The Morgan fingerprint density at radius 3 is 2.53 bits per heavy atom. The van der Waals surface area contributed by atoms with Crippen molar-refractivity contribution in [1.29, 1.82) is 0 Å². The number of amides is 2. The number of anilines is 2. The topological polar surface area (TPSA) is 114 Å². The van der Waals surface area contributed by atoms with Gasteiger partial charge in [0, 0.05) is 17.0 Å². The molecule has 0 aliphatic heterocycles. The highest BCUT2D eigenvalue weighted by atomic mass is 32.2. The predicted octanol–water partition coefficient (Wildman–Crippen LogP) is 3.22. The number of para-hydroxylation sites is 1. The van der Waals surface area contributed by atoms with E-state index in [1.807, 2.05) is 30.5 Å². The van der Waals surface area contributed by atoms with Crippen LogP contribution in [0.1, 0.15) is 6.92 Å². The lowest BCUT2D eigenvalue weighted by atomic mass is 10.2. The highest BCUT2D eigenvalue weighted by Crippen LogP contribution is 2.29. The van der Waals surface area contributed by atoms with Gasteiger partial charge in [0.05, 0.1) is 36.0 Å². The second-order valence-electron chi connectivity index (χ2n) is 6.47. The Morgan fingerprint density at radius 2 is 1.90 bits per heavy atom. The van der Waals surface area contributed by atoms with Gasteiger partial charge in [0.15, 0.2) is 0 Å². The SMILES string of the molecule is COc1ccc([N+](=O)[O-])cc1NC(=O)[C@H](C)N(C)CC(=O)Nc1ccccc1SC. The van der Waals surface area contributed by atoms with Crippen LogP contribution in [0.2, 0.25) is 0 Å². The third kappa shape index (κ3) is 5.94. The molecule has 0 bridgehead atoms. The molecule has 2 rings (SSSR count). The van der Waals surface area contributed by atoms with Gasteiger partial charge in [0.2, 0.25) is 11.8 Å². The van der Waals surface area contributed by atoms with Gasteiger partial charge in [0.1, 0.15) is 5.75 Å². The first kappa shape index (κ1) is 23.2. The number of carbonyl (C=O) groups excluding carboxylic acids is 2. The molecule has 2 aromatic rings. The van der Waals surface area contributed by atoms with Gasteiger partial charge in [0.25, 0.3) is 5.69 Å². The summed E-state index contributed by atoms with van der Waals surface area (Å²) in [7, 11) is 3.05. The van der Waals surface area contributed by atoms with Crippen molar-refractivity contribution < 1.29 is 19.2 Å². The van der Waals surface area contributed by atoms with Gasteiger partial charge < -0.3 is 15.4 Å². The van der Waals surface area contributed by atoms with Crippen LogP contribution in [0.15, 0.2) is 47.4 Å². The number of hydrogen-bond donors (Lipinski definition) is 2. The van der Waals surface area contributed by atoms with Gasteiger partial charge in [-0.05, 0) is 38.4 Å². The van der Waals surface area contributed by atoms with Crippen molar-refractivity contribution >= 4 is 40.6 Å². The van der Waals surface area contributed by atoms with E-state index in [1.54, 1.807) is 18.9 Å². The maximum Gasteiger partial charge on any atom is 0.271 e. The van der Waals surface area contributed by atoms with E-state index in [2.05, 4.69) is 10.6 Å². The minimum atomic E-state index is -0.671. The van der Waals surface area contributed by atoms with E-state index < -0.39 is 16.9 Å². The molecule has 9 nitrogen and oxygen atoms in total. The molecule has 10 heteroatoms. The van der Waals surface area contributed by atoms with Crippen LogP contribution in [0.4, 0.5) is 17.1 Å².